The van der Waals surface area contributed by atoms with Crippen LogP contribution < -0.4 is 8.91 Å². The molecule has 0 unspecified atom stereocenters. The molecule has 2 heterocycles. The molecule has 0 atom stereocenters. The molecule has 22 heavy (non-hydrogen) atoms. The third-order valence-electron chi connectivity index (χ3n) is 2.21. The van der Waals surface area contributed by atoms with E-state index >= 15 is 0 Å². The lowest BCUT2D eigenvalue weighted by Gasteiger charge is -2.09. The van der Waals surface area contributed by atoms with E-state index in [2.05, 4.69) is 14.0 Å². The Bertz CT molecular complexity index is 918. The Morgan fingerprint density at radius 2 is 1.86 bits per heavy atom. The van der Waals surface area contributed by atoms with Gasteiger partial charge in [-0.25, -0.2) is 12.9 Å². The summed E-state index contributed by atoms with van der Waals surface area (Å²) >= 11 is 0. The molecule has 0 saturated carbocycles. The van der Waals surface area contributed by atoms with Crippen LogP contribution in [0.15, 0.2) is 24.4 Å². The summed E-state index contributed by atoms with van der Waals surface area (Å²) in [6, 6.07) is 3.09. The van der Waals surface area contributed by atoms with E-state index < -0.39 is 31.4 Å². The molecular formula is C9H8F3N3O5S2. The van der Waals surface area contributed by atoms with E-state index in [0.29, 0.717) is 0 Å². The fourth-order valence-electron chi connectivity index (χ4n) is 1.44. The molecule has 0 saturated heterocycles. The Morgan fingerprint density at radius 1 is 1.23 bits per heavy atom. The van der Waals surface area contributed by atoms with Gasteiger partial charge in [0.2, 0.25) is 10.0 Å². The summed E-state index contributed by atoms with van der Waals surface area (Å²) in [5, 5.41) is 3.78. The minimum Gasteiger partial charge on any atom is -0.376 e. The van der Waals surface area contributed by atoms with Gasteiger partial charge < -0.3 is 4.18 Å². The maximum absolute atomic E-state index is 12.2. The molecular weight excluding hydrogens is 351 g/mol. The molecule has 2 aromatic heterocycles. The van der Waals surface area contributed by atoms with Gasteiger partial charge in [0.25, 0.3) is 0 Å². The topological polar surface area (TPSA) is 107 Å². The molecule has 0 spiro atoms. The van der Waals surface area contributed by atoms with E-state index in [0.717, 1.165) is 29.1 Å². The van der Waals surface area contributed by atoms with Crippen molar-refractivity contribution in [3.05, 3.63) is 24.4 Å². The molecule has 13 heteroatoms. The van der Waals surface area contributed by atoms with Gasteiger partial charge in [-0.3, -0.25) is 4.72 Å². The maximum Gasteiger partial charge on any atom is 0.534 e. The predicted molar refractivity (Wildman–Crippen MR) is 69.3 cm³/mol. The number of hydrogen-bond donors (Lipinski definition) is 1. The molecule has 0 aliphatic carbocycles. The lowest BCUT2D eigenvalue weighted by atomic mass is 10.4. The zero-order chi connectivity index (χ0) is 16.8. The van der Waals surface area contributed by atoms with Crippen LogP contribution in [0.1, 0.15) is 0 Å². The zero-order valence-electron chi connectivity index (χ0n) is 10.7. The molecule has 0 aromatic carbocycles. The number of sulfonamides is 1. The number of pyridine rings is 1. The van der Waals surface area contributed by atoms with Gasteiger partial charge in [0.1, 0.15) is 5.75 Å². The first-order chi connectivity index (χ1) is 9.87. The normalized spacial score (nSPS) is 13.3. The monoisotopic (exact) mass is 359 g/mol. The van der Waals surface area contributed by atoms with E-state index in [-0.39, 0.29) is 11.3 Å². The van der Waals surface area contributed by atoms with Gasteiger partial charge in [-0.2, -0.15) is 21.6 Å². The lowest BCUT2D eigenvalue weighted by molar-refractivity contribution is -0.0500. The summed E-state index contributed by atoms with van der Waals surface area (Å²) in [7, 11) is -9.37. The van der Waals surface area contributed by atoms with Gasteiger partial charge in [-0.1, -0.05) is 0 Å². The van der Waals surface area contributed by atoms with Crippen LogP contribution in [0.2, 0.25) is 0 Å². The molecule has 2 aromatic rings. The van der Waals surface area contributed by atoms with Crippen molar-refractivity contribution in [2.75, 3.05) is 11.0 Å². The van der Waals surface area contributed by atoms with Crippen molar-refractivity contribution < 1.29 is 34.2 Å². The van der Waals surface area contributed by atoms with E-state index in [4.69, 9.17) is 0 Å². The number of aromatic nitrogens is 2. The van der Waals surface area contributed by atoms with E-state index in [1.54, 1.807) is 0 Å². The van der Waals surface area contributed by atoms with Crippen molar-refractivity contribution in [1.29, 1.82) is 0 Å². The molecule has 0 aliphatic heterocycles. The fourth-order valence-corrected chi connectivity index (χ4v) is 2.37. The smallest absolute Gasteiger partial charge is 0.376 e. The standard InChI is InChI=1S/C9H8F3N3O5S2/c1-21(16,17)14-8-5-6-4-7(2-3-15(6)13-8)20-22(18,19)9(10,11)12/h2-5H,1H3,(H,13,14). The summed E-state index contributed by atoms with van der Waals surface area (Å²) in [5.41, 5.74) is -5.43. The third-order valence-corrected chi connectivity index (χ3v) is 3.77. The van der Waals surface area contributed by atoms with Crippen LogP contribution >= 0.6 is 0 Å². The number of rotatable bonds is 4. The average molecular weight is 359 g/mol. The summed E-state index contributed by atoms with van der Waals surface area (Å²) in [4.78, 5) is 0. The number of hydrogen-bond acceptors (Lipinski definition) is 6. The second kappa shape index (κ2) is 5.01. The zero-order valence-corrected chi connectivity index (χ0v) is 12.3. The Kier molecular flexibility index (Phi) is 3.73. The number of nitrogens with zero attached hydrogens (tertiary/aromatic N) is 2. The number of anilines is 1. The van der Waals surface area contributed by atoms with Crippen molar-refractivity contribution in [1.82, 2.24) is 9.61 Å². The predicted octanol–water partition coefficient (Wildman–Crippen LogP) is 0.934. The fraction of sp³-hybridized carbons (Fsp3) is 0.222. The molecule has 0 amide bonds. The Labute approximate surface area is 122 Å². The van der Waals surface area contributed by atoms with Crippen LogP contribution in [-0.2, 0) is 20.1 Å². The molecule has 122 valence electrons. The Hall–Kier alpha value is -2.02. The molecule has 0 aliphatic rings. The van der Waals surface area contributed by atoms with Crippen LogP contribution in [0.4, 0.5) is 19.0 Å². The van der Waals surface area contributed by atoms with Gasteiger partial charge >= 0.3 is 15.6 Å². The number of fused-ring (bicyclic) bond motifs is 1. The van der Waals surface area contributed by atoms with Crippen molar-refractivity contribution in [3.63, 3.8) is 0 Å². The number of alkyl halides is 3. The van der Waals surface area contributed by atoms with Crippen LogP contribution in [0, 0.1) is 0 Å². The third kappa shape index (κ3) is 3.59. The summed E-state index contributed by atoms with van der Waals surface area (Å²) < 4.78 is 87.7. The van der Waals surface area contributed by atoms with Crippen molar-refractivity contribution in [2.24, 2.45) is 0 Å². The van der Waals surface area contributed by atoms with Crippen LogP contribution in [-0.4, -0.2) is 38.2 Å². The van der Waals surface area contributed by atoms with Crippen molar-refractivity contribution >= 4 is 31.5 Å². The minimum absolute atomic E-state index is 0.0849. The maximum atomic E-state index is 12.2. The summed E-state index contributed by atoms with van der Waals surface area (Å²) in [5.74, 6) is -0.672. The first-order valence-corrected chi connectivity index (χ1v) is 8.65. The quantitative estimate of drug-likeness (QED) is 0.643. The van der Waals surface area contributed by atoms with Crippen LogP contribution in [0.5, 0.6) is 5.75 Å². The van der Waals surface area contributed by atoms with Gasteiger partial charge in [-0.05, 0) is 0 Å². The van der Waals surface area contributed by atoms with Gasteiger partial charge in [0.15, 0.2) is 5.82 Å². The Morgan fingerprint density at radius 3 is 2.41 bits per heavy atom. The molecule has 0 bridgehead atoms. The summed E-state index contributed by atoms with van der Waals surface area (Å²) in [6.07, 6.45) is 2.01. The molecule has 1 N–H and O–H groups in total. The highest BCUT2D eigenvalue weighted by Crippen LogP contribution is 2.27. The number of nitrogens with one attached hydrogen (secondary N) is 1. The highest BCUT2D eigenvalue weighted by molar-refractivity contribution is 7.92. The van der Waals surface area contributed by atoms with Crippen LogP contribution in [0.3, 0.4) is 0 Å². The first kappa shape index (κ1) is 16.4. The second-order valence-electron chi connectivity index (χ2n) is 4.12. The highest BCUT2D eigenvalue weighted by atomic mass is 32.2. The number of halogens is 3. The molecule has 0 fully saturated rings. The summed E-state index contributed by atoms with van der Waals surface area (Å²) in [6.45, 7) is 0. The average Bonchev–Trinajstić information content (AvgIpc) is 2.65. The molecule has 2 rings (SSSR count). The van der Waals surface area contributed by atoms with Gasteiger partial charge in [0.05, 0.1) is 11.8 Å². The van der Waals surface area contributed by atoms with Crippen molar-refractivity contribution in [3.8, 4) is 5.75 Å². The first-order valence-electron chi connectivity index (χ1n) is 5.35. The lowest BCUT2D eigenvalue weighted by Crippen LogP contribution is -2.28. The van der Waals surface area contributed by atoms with Gasteiger partial charge in [-0.15, -0.1) is 5.10 Å². The van der Waals surface area contributed by atoms with Gasteiger partial charge in [0, 0.05) is 24.4 Å². The Balaban J connectivity index is 2.35. The van der Waals surface area contributed by atoms with Crippen LogP contribution in [0.25, 0.3) is 5.52 Å². The highest BCUT2D eigenvalue weighted by Gasteiger charge is 2.48. The van der Waals surface area contributed by atoms with E-state index in [1.807, 2.05) is 0 Å². The molecule has 8 nitrogen and oxygen atoms in total. The SMILES string of the molecule is CS(=O)(=O)Nc1cc2cc(OS(=O)(=O)C(F)(F)F)ccn2n1. The van der Waals surface area contributed by atoms with Crippen molar-refractivity contribution in [2.45, 2.75) is 5.51 Å². The minimum atomic E-state index is -5.78. The molecule has 0 radical (unpaired) electrons. The largest absolute Gasteiger partial charge is 0.534 e. The van der Waals surface area contributed by atoms with E-state index in [9.17, 15) is 30.0 Å². The second-order valence-corrected chi connectivity index (χ2v) is 7.41. The van der Waals surface area contributed by atoms with E-state index in [1.165, 1.54) is 6.07 Å².